The first-order valence-corrected chi connectivity index (χ1v) is 6.07. The van der Waals surface area contributed by atoms with E-state index in [1.807, 2.05) is 45.0 Å². The number of hydrogen-bond acceptors (Lipinski definition) is 2. The van der Waals surface area contributed by atoms with Gasteiger partial charge in [0.15, 0.2) is 0 Å². The van der Waals surface area contributed by atoms with E-state index in [0.29, 0.717) is 5.56 Å². The number of hydrogen-bond donors (Lipinski definition) is 0. The fourth-order valence-electron chi connectivity index (χ4n) is 1.99. The summed E-state index contributed by atoms with van der Waals surface area (Å²) in [6.07, 6.45) is 0. The SMILES string of the molecule is Cc1ccccc1-c1nc(Cl)c(C#N)c(C)c1C. The zero-order valence-corrected chi connectivity index (χ0v) is 11.3. The highest BCUT2D eigenvalue weighted by Crippen LogP contribution is 2.30. The van der Waals surface area contributed by atoms with Crippen LogP contribution in [0.1, 0.15) is 22.3 Å². The van der Waals surface area contributed by atoms with Crippen molar-refractivity contribution in [2.75, 3.05) is 0 Å². The number of aryl methyl sites for hydroxylation is 1. The van der Waals surface area contributed by atoms with Gasteiger partial charge in [-0.3, -0.25) is 0 Å². The molecule has 0 aliphatic carbocycles. The Kier molecular flexibility index (Phi) is 3.36. The molecule has 1 heterocycles. The van der Waals surface area contributed by atoms with Crippen molar-refractivity contribution >= 4 is 11.6 Å². The first kappa shape index (κ1) is 12.6. The second-order valence-electron chi connectivity index (χ2n) is 4.30. The molecule has 0 bridgehead atoms. The first-order valence-electron chi connectivity index (χ1n) is 5.69. The molecule has 0 amide bonds. The van der Waals surface area contributed by atoms with Crippen molar-refractivity contribution in [2.45, 2.75) is 20.8 Å². The van der Waals surface area contributed by atoms with E-state index in [0.717, 1.165) is 27.9 Å². The van der Waals surface area contributed by atoms with E-state index >= 15 is 0 Å². The molecule has 0 atom stereocenters. The van der Waals surface area contributed by atoms with E-state index in [1.54, 1.807) is 0 Å². The van der Waals surface area contributed by atoms with Crippen LogP contribution in [-0.2, 0) is 0 Å². The lowest BCUT2D eigenvalue weighted by Gasteiger charge is -2.12. The van der Waals surface area contributed by atoms with Gasteiger partial charge in [0.1, 0.15) is 11.2 Å². The van der Waals surface area contributed by atoms with Crippen molar-refractivity contribution in [1.82, 2.24) is 4.98 Å². The van der Waals surface area contributed by atoms with Crippen LogP contribution in [0.4, 0.5) is 0 Å². The zero-order valence-electron chi connectivity index (χ0n) is 10.6. The van der Waals surface area contributed by atoms with E-state index in [2.05, 4.69) is 11.1 Å². The van der Waals surface area contributed by atoms with Gasteiger partial charge in [-0.25, -0.2) is 4.98 Å². The van der Waals surface area contributed by atoms with Gasteiger partial charge in [-0.2, -0.15) is 5.26 Å². The van der Waals surface area contributed by atoms with Gasteiger partial charge in [0, 0.05) is 5.56 Å². The van der Waals surface area contributed by atoms with E-state index in [4.69, 9.17) is 16.9 Å². The fourth-order valence-corrected chi connectivity index (χ4v) is 2.26. The predicted molar refractivity (Wildman–Crippen MR) is 73.6 cm³/mol. The van der Waals surface area contributed by atoms with Gasteiger partial charge in [-0.15, -0.1) is 0 Å². The minimum absolute atomic E-state index is 0.277. The molecule has 0 unspecified atom stereocenters. The van der Waals surface area contributed by atoms with Crippen molar-refractivity contribution in [3.8, 4) is 17.3 Å². The number of pyridine rings is 1. The molecule has 18 heavy (non-hydrogen) atoms. The third-order valence-electron chi connectivity index (χ3n) is 3.22. The van der Waals surface area contributed by atoms with Gasteiger partial charge in [-0.1, -0.05) is 35.9 Å². The maximum Gasteiger partial charge on any atom is 0.147 e. The smallest absolute Gasteiger partial charge is 0.147 e. The number of rotatable bonds is 1. The number of nitrogens with zero attached hydrogens (tertiary/aromatic N) is 2. The average Bonchev–Trinajstić information content (AvgIpc) is 2.35. The molecule has 3 heteroatoms. The van der Waals surface area contributed by atoms with Gasteiger partial charge < -0.3 is 0 Å². The molecule has 0 aliphatic heterocycles. The van der Waals surface area contributed by atoms with E-state index in [1.165, 1.54) is 0 Å². The highest BCUT2D eigenvalue weighted by molar-refractivity contribution is 6.30. The van der Waals surface area contributed by atoms with Crippen LogP contribution in [0.3, 0.4) is 0 Å². The molecular formula is C15H13ClN2. The fraction of sp³-hybridized carbons (Fsp3) is 0.200. The third kappa shape index (κ3) is 1.98. The first-order chi connectivity index (χ1) is 8.56. The molecule has 2 aromatic rings. The molecular weight excluding hydrogens is 244 g/mol. The molecule has 2 nitrogen and oxygen atoms in total. The van der Waals surface area contributed by atoms with Gasteiger partial charge in [0.25, 0.3) is 0 Å². The molecule has 90 valence electrons. The molecule has 0 fully saturated rings. The summed E-state index contributed by atoms with van der Waals surface area (Å²) in [6.45, 7) is 5.92. The lowest BCUT2D eigenvalue weighted by Crippen LogP contribution is -1.98. The number of nitriles is 1. The average molecular weight is 257 g/mol. The standard InChI is InChI=1S/C15H13ClN2/c1-9-6-4-5-7-12(9)14-11(3)10(2)13(8-17)15(16)18-14/h4-7H,1-3H3. The van der Waals surface area contributed by atoms with Gasteiger partial charge >= 0.3 is 0 Å². The highest BCUT2D eigenvalue weighted by Gasteiger charge is 2.14. The Morgan fingerprint density at radius 3 is 2.39 bits per heavy atom. The lowest BCUT2D eigenvalue weighted by atomic mass is 9.97. The summed E-state index contributed by atoms with van der Waals surface area (Å²) in [6, 6.07) is 10.1. The molecule has 0 aliphatic rings. The maximum absolute atomic E-state index is 9.07. The summed E-state index contributed by atoms with van der Waals surface area (Å²) in [5.41, 5.74) is 5.43. The van der Waals surface area contributed by atoms with E-state index < -0.39 is 0 Å². The molecule has 0 radical (unpaired) electrons. The van der Waals surface area contributed by atoms with Crippen LogP contribution in [0.25, 0.3) is 11.3 Å². The summed E-state index contributed by atoms with van der Waals surface area (Å²) in [7, 11) is 0. The van der Waals surface area contributed by atoms with Crippen LogP contribution in [0, 0.1) is 32.1 Å². The summed E-state index contributed by atoms with van der Waals surface area (Å²) in [5, 5.41) is 9.34. The van der Waals surface area contributed by atoms with Crippen LogP contribution in [0.5, 0.6) is 0 Å². The number of benzene rings is 1. The number of aromatic nitrogens is 1. The normalized spacial score (nSPS) is 10.2. The van der Waals surface area contributed by atoms with Crippen molar-refractivity contribution in [3.05, 3.63) is 51.7 Å². The maximum atomic E-state index is 9.07. The van der Waals surface area contributed by atoms with Crippen LogP contribution in [-0.4, -0.2) is 4.98 Å². The lowest BCUT2D eigenvalue weighted by molar-refractivity contribution is 1.19. The summed E-state index contributed by atoms with van der Waals surface area (Å²) >= 11 is 6.08. The van der Waals surface area contributed by atoms with Crippen LogP contribution in [0.15, 0.2) is 24.3 Å². The van der Waals surface area contributed by atoms with Gasteiger partial charge in [-0.05, 0) is 37.5 Å². The summed E-state index contributed by atoms with van der Waals surface area (Å²) in [4.78, 5) is 4.38. The Morgan fingerprint density at radius 2 is 1.78 bits per heavy atom. The Morgan fingerprint density at radius 1 is 1.11 bits per heavy atom. The van der Waals surface area contributed by atoms with Crippen molar-refractivity contribution in [1.29, 1.82) is 5.26 Å². The molecule has 1 aromatic heterocycles. The topological polar surface area (TPSA) is 36.7 Å². The third-order valence-corrected chi connectivity index (χ3v) is 3.49. The quantitative estimate of drug-likeness (QED) is 0.717. The Bertz CT molecular complexity index is 654. The molecule has 0 N–H and O–H groups in total. The second-order valence-corrected chi connectivity index (χ2v) is 4.66. The summed E-state index contributed by atoms with van der Waals surface area (Å²) in [5.74, 6) is 0. The minimum Gasteiger partial charge on any atom is -0.234 e. The molecule has 0 saturated carbocycles. The minimum atomic E-state index is 0.277. The predicted octanol–water partition coefficient (Wildman–Crippen LogP) is 4.20. The number of halogens is 1. The van der Waals surface area contributed by atoms with Crippen molar-refractivity contribution < 1.29 is 0 Å². The second kappa shape index (κ2) is 4.80. The Hall–Kier alpha value is -1.85. The van der Waals surface area contributed by atoms with Crippen LogP contribution >= 0.6 is 11.6 Å². The molecule has 1 aromatic carbocycles. The van der Waals surface area contributed by atoms with Crippen molar-refractivity contribution in [2.24, 2.45) is 0 Å². The monoisotopic (exact) mass is 256 g/mol. The molecule has 2 rings (SSSR count). The van der Waals surface area contributed by atoms with E-state index in [9.17, 15) is 0 Å². The highest BCUT2D eigenvalue weighted by atomic mass is 35.5. The summed E-state index contributed by atoms with van der Waals surface area (Å²) < 4.78 is 0. The zero-order chi connectivity index (χ0) is 13.3. The van der Waals surface area contributed by atoms with Crippen LogP contribution in [0.2, 0.25) is 5.15 Å². The Balaban J connectivity index is 2.76. The van der Waals surface area contributed by atoms with Crippen molar-refractivity contribution in [3.63, 3.8) is 0 Å². The van der Waals surface area contributed by atoms with Gasteiger partial charge in [0.2, 0.25) is 0 Å². The Labute approximate surface area is 112 Å². The van der Waals surface area contributed by atoms with Crippen LogP contribution < -0.4 is 0 Å². The van der Waals surface area contributed by atoms with E-state index in [-0.39, 0.29) is 5.15 Å². The molecule has 0 saturated heterocycles. The molecule has 0 spiro atoms. The largest absolute Gasteiger partial charge is 0.234 e. The van der Waals surface area contributed by atoms with Gasteiger partial charge in [0.05, 0.1) is 11.3 Å².